The molecular weight excluding hydrogens is 406 g/mol. The lowest BCUT2D eigenvalue weighted by atomic mass is 10.2. The van der Waals surface area contributed by atoms with Crippen LogP contribution in [0.3, 0.4) is 0 Å². The molecule has 2 aromatic rings. The Morgan fingerprint density at radius 2 is 1.71 bits per heavy atom. The normalized spacial score (nSPS) is 16.2. The van der Waals surface area contributed by atoms with Gasteiger partial charge in [-0.3, -0.25) is 0 Å². The van der Waals surface area contributed by atoms with E-state index in [9.17, 15) is 9.59 Å². The Morgan fingerprint density at radius 1 is 1.13 bits per heavy atom. The van der Waals surface area contributed by atoms with Gasteiger partial charge in [-0.05, 0) is 48.0 Å². The highest BCUT2D eigenvalue weighted by molar-refractivity contribution is 6.08. The summed E-state index contributed by atoms with van der Waals surface area (Å²) in [6.07, 6.45) is 0.704. The highest BCUT2D eigenvalue weighted by Gasteiger charge is 2.36. The Balaban J connectivity index is 2.04. The molecule has 2 aromatic heterocycles. The first kappa shape index (κ1) is 22.7. The molecule has 0 spiro atoms. The molecule has 3 rings (SSSR count). The molecule has 1 fully saturated rings. The molecule has 1 aliphatic heterocycles. The lowest BCUT2D eigenvalue weighted by molar-refractivity contribution is 0.0427. The molecular formula is C20H29N5O6. The van der Waals surface area contributed by atoms with Crippen molar-refractivity contribution in [1.82, 2.24) is 19.5 Å². The molecule has 1 saturated heterocycles. The van der Waals surface area contributed by atoms with Crippen molar-refractivity contribution in [2.75, 3.05) is 18.6 Å². The Morgan fingerprint density at radius 3 is 2.19 bits per heavy atom. The van der Waals surface area contributed by atoms with Crippen molar-refractivity contribution in [1.29, 1.82) is 0 Å². The number of imide groups is 1. The molecule has 0 bridgehead atoms. The minimum Gasteiger partial charge on any atom is -0.479 e. The number of aromatic nitrogens is 4. The first-order valence-corrected chi connectivity index (χ1v) is 10.0. The van der Waals surface area contributed by atoms with Gasteiger partial charge in [-0.15, -0.1) is 4.90 Å². The van der Waals surface area contributed by atoms with E-state index in [0.717, 1.165) is 13.0 Å². The summed E-state index contributed by atoms with van der Waals surface area (Å²) < 4.78 is 23.2. The topological polar surface area (TPSA) is 121 Å². The van der Waals surface area contributed by atoms with E-state index in [1.165, 1.54) is 7.11 Å². The average Bonchev–Trinajstić information content (AvgIpc) is 3.35. The lowest BCUT2D eigenvalue weighted by Crippen LogP contribution is -2.44. The third kappa shape index (κ3) is 5.81. The predicted octanol–water partition coefficient (Wildman–Crippen LogP) is 3.30. The van der Waals surface area contributed by atoms with Crippen molar-refractivity contribution in [3.8, 4) is 5.88 Å². The second-order valence-electron chi connectivity index (χ2n) is 9.18. The van der Waals surface area contributed by atoms with Gasteiger partial charge in [0.15, 0.2) is 11.2 Å². The molecule has 1 atom stereocenters. The largest absolute Gasteiger partial charge is 0.479 e. The maximum absolute atomic E-state index is 12.9. The van der Waals surface area contributed by atoms with Gasteiger partial charge < -0.3 is 23.5 Å². The number of amides is 2. The van der Waals surface area contributed by atoms with E-state index >= 15 is 0 Å². The SMILES string of the molecule is COc1nc(N(C(=O)OC(C)(C)C)C(=O)OC(C)(C)C)nc2c1ncn2CC[C@H]1CO1. The number of fused-ring (bicyclic) bond motifs is 1. The van der Waals surface area contributed by atoms with Gasteiger partial charge in [0.2, 0.25) is 11.8 Å². The number of methoxy groups -OCH3 is 1. The van der Waals surface area contributed by atoms with Gasteiger partial charge in [0.05, 0.1) is 26.1 Å². The zero-order valence-electron chi connectivity index (χ0n) is 19.0. The van der Waals surface area contributed by atoms with Crippen LogP contribution in [0.5, 0.6) is 5.88 Å². The van der Waals surface area contributed by atoms with Crippen molar-refractivity contribution < 1.29 is 28.5 Å². The number of aryl methyl sites for hydroxylation is 1. The van der Waals surface area contributed by atoms with E-state index in [0.29, 0.717) is 22.6 Å². The van der Waals surface area contributed by atoms with Gasteiger partial charge in [-0.2, -0.15) is 9.97 Å². The van der Waals surface area contributed by atoms with Crippen molar-refractivity contribution >= 4 is 29.3 Å². The van der Waals surface area contributed by atoms with Crippen molar-refractivity contribution in [2.24, 2.45) is 0 Å². The number of hydrogen-bond donors (Lipinski definition) is 0. The van der Waals surface area contributed by atoms with E-state index in [1.54, 1.807) is 52.4 Å². The summed E-state index contributed by atoms with van der Waals surface area (Å²) >= 11 is 0. The average molecular weight is 435 g/mol. The monoisotopic (exact) mass is 435 g/mol. The molecule has 3 heterocycles. The third-order valence-electron chi connectivity index (χ3n) is 4.06. The van der Waals surface area contributed by atoms with Gasteiger partial charge in [-0.1, -0.05) is 0 Å². The van der Waals surface area contributed by atoms with Gasteiger partial charge in [-0.25, -0.2) is 14.6 Å². The van der Waals surface area contributed by atoms with Gasteiger partial charge in [0.1, 0.15) is 11.2 Å². The smallest absolute Gasteiger partial charge is 0.427 e. The van der Waals surface area contributed by atoms with Crippen LogP contribution in [0, 0.1) is 0 Å². The standard InChI is InChI=1S/C20H29N5O6/c1-19(2,3)30-17(26)25(18(27)31-20(4,5)6)16-22-14-13(15(23-16)28-7)21-11-24(14)9-8-12-10-29-12/h11-12H,8-10H2,1-7H3/t12-/m0/s1. The van der Waals surface area contributed by atoms with E-state index in [4.69, 9.17) is 18.9 Å². The number of epoxide rings is 1. The van der Waals surface area contributed by atoms with Crippen LogP contribution in [0.25, 0.3) is 11.2 Å². The van der Waals surface area contributed by atoms with Crippen LogP contribution in [-0.2, 0) is 20.8 Å². The number of nitrogens with zero attached hydrogens (tertiary/aromatic N) is 5. The Bertz CT molecular complexity index is 943. The molecule has 11 nitrogen and oxygen atoms in total. The van der Waals surface area contributed by atoms with Crippen LogP contribution in [0.1, 0.15) is 48.0 Å². The molecule has 0 saturated carbocycles. The van der Waals surface area contributed by atoms with Crippen molar-refractivity contribution in [3.05, 3.63) is 6.33 Å². The summed E-state index contributed by atoms with van der Waals surface area (Å²) in [5, 5.41) is 0. The number of imidazole rings is 1. The van der Waals surface area contributed by atoms with Gasteiger partial charge >= 0.3 is 12.2 Å². The van der Waals surface area contributed by atoms with E-state index < -0.39 is 23.4 Å². The first-order chi connectivity index (χ1) is 14.4. The fourth-order valence-corrected chi connectivity index (χ4v) is 2.68. The van der Waals surface area contributed by atoms with Gasteiger partial charge in [0.25, 0.3) is 0 Å². The van der Waals surface area contributed by atoms with Crippen molar-refractivity contribution in [2.45, 2.75) is 71.8 Å². The van der Waals surface area contributed by atoms with Crippen LogP contribution in [-0.4, -0.2) is 62.7 Å². The van der Waals surface area contributed by atoms with Crippen LogP contribution in [0.15, 0.2) is 6.33 Å². The predicted molar refractivity (Wildman–Crippen MR) is 111 cm³/mol. The van der Waals surface area contributed by atoms with Crippen molar-refractivity contribution in [3.63, 3.8) is 0 Å². The maximum atomic E-state index is 12.9. The third-order valence-corrected chi connectivity index (χ3v) is 4.06. The zero-order chi connectivity index (χ0) is 23.0. The molecule has 1 aliphatic rings. The first-order valence-electron chi connectivity index (χ1n) is 10.0. The van der Waals surface area contributed by atoms with Crippen LogP contribution in [0.2, 0.25) is 0 Å². The highest BCUT2D eigenvalue weighted by atomic mass is 16.6. The second-order valence-corrected chi connectivity index (χ2v) is 9.18. The zero-order valence-corrected chi connectivity index (χ0v) is 19.0. The molecule has 11 heteroatoms. The number of rotatable bonds is 5. The molecule has 0 aromatic carbocycles. The lowest BCUT2D eigenvalue weighted by Gasteiger charge is -2.27. The summed E-state index contributed by atoms with van der Waals surface area (Å²) in [6, 6.07) is 0. The van der Waals surface area contributed by atoms with Crippen LogP contribution >= 0.6 is 0 Å². The number of carbonyl (C=O) groups is 2. The number of ether oxygens (including phenoxy) is 4. The van der Waals surface area contributed by atoms with Gasteiger partial charge in [0, 0.05) is 6.54 Å². The maximum Gasteiger partial charge on any atom is 0.427 e. The quantitative estimate of drug-likeness (QED) is 0.651. The molecule has 0 unspecified atom stereocenters. The van der Waals surface area contributed by atoms with Crippen LogP contribution in [0.4, 0.5) is 15.5 Å². The summed E-state index contributed by atoms with van der Waals surface area (Å²) in [6.45, 7) is 11.5. The second kappa shape index (κ2) is 8.29. The Labute approximate surface area is 180 Å². The summed E-state index contributed by atoms with van der Waals surface area (Å²) in [5.41, 5.74) is -0.870. The molecule has 0 N–H and O–H groups in total. The van der Waals surface area contributed by atoms with E-state index in [-0.39, 0.29) is 17.9 Å². The number of carbonyl (C=O) groups excluding carboxylic acids is 2. The minimum absolute atomic E-state index is 0.124. The molecule has 31 heavy (non-hydrogen) atoms. The van der Waals surface area contributed by atoms with Crippen LogP contribution < -0.4 is 9.64 Å². The highest BCUT2D eigenvalue weighted by Crippen LogP contribution is 2.27. The summed E-state index contributed by atoms with van der Waals surface area (Å²) in [5.74, 6) is -0.101. The fraction of sp³-hybridized carbons (Fsp3) is 0.650. The molecule has 0 aliphatic carbocycles. The van der Waals surface area contributed by atoms with E-state index in [2.05, 4.69) is 15.0 Å². The fourth-order valence-electron chi connectivity index (χ4n) is 2.68. The Hall–Kier alpha value is -2.95. The molecule has 170 valence electrons. The minimum atomic E-state index is -0.958. The van der Waals surface area contributed by atoms with E-state index in [1.807, 2.05) is 0 Å². The Kier molecular flexibility index (Phi) is 6.08. The summed E-state index contributed by atoms with van der Waals surface area (Å²) in [4.78, 5) is 39.5. The molecule has 0 radical (unpaired) electrons. The number of hydrogen-bond acceptors (Lipinski definition) is 9. The molecule has 2 amide bonds. The number of anilines is 1. The summed E-state index contributed by atoms with van der Waals surface area (Å²) in [7, 11) is 1.42.